The van der Waals surface area contributed by atoms with E-state index in [1.54, 1.807) is 4.90 Å². The van der Waals surface area contributed by atoms with Crippen LogP contribution in [0.5, 0.6) is 0 Å². The van der Waals surface area contributed by atoms with Crippen molar-refractivity contribution < 1.29 is 9.18 Å². The van der Waals surface area contributed by atoms with Gasteiger partial charge in [-0.1, -0.05) is 11.6 Å². The van der Waals surface area contributed by atoms with E-state index in [0.717, 1.165) is 24.5 Å². The zero-order chi connectivity index (χ0) is 15.1. The maximum atomic E-state index is 13.3. The molecule has 1 amide bonds. The molecular weight excluding hydrogens is 293 g/mol. The highest BCUT2D eigenvalue weighted by atomic mass is 35.5. The van der Waals surface area contributed by atoms with Crippen molar-refractivity contribution in [1.82, 2.24) is 14.5 Å². The Bertz CT molecular complexity index is 713. The Balaban J connectivity index is 1.95. The van der Waals surface area contributed by atoms with E-state index < -0.39 is 5.82 Å². The number of aromatic nitrogens is 2. The fraction of sp³-hybridized carbons (Fsp3) is 0.333. The molecule has 1 atom stereocenters. The van der Waals surface area contributed by atoms with Crippen molar-refractivity contribution in [2.75, 3.05) is 6.54 Å². The maximum absolute atomic E-state index is 13.3. The summed E-state index contributed by atoms with van der Waals surface area (Å²) < 4.78 is 15.5. The molecule has 21 heavy (non-hydrogen) atoms. The van der Waals surface area contributed by atoms with Gasteiger partial charge in [0.1, 0.15) is 11.0 Å². The lowest BCUT2D eigenvalue weighted by molar-refractivity contribution is 0.0642. The number of amides is 1. The van der Waals surface area contributed by atoms with Gasteiger partial charge in [0.15, 0.2) is 0 Å². The molecular formula is C15H15ClFN3O. The van der Waals surface area contributed by atoms with Crippen LogP contribution in [0.3, 0.4) is 0 Å². The Morgan fingerprint density at radius 2 is 2.19 bits per heavy atom. The molecule has 0 spiro atoms. The van der Waals surface area contributed by atoms with Gasteiger partial charge in [0.05, 0.1) is 17.8 Å². The molecule has 0 aromatic carbocycles. The Morgan fingerprint density at radius 1 is 1.43 bits per heavy atom. The molecule has 0 saturated carbocycles. The molecule has 2 aromatic rings. The minimum absolute atomic E-state index is 0.0331. The number of pyridine rings is 1. The van der Waals surface area contributed by atoms with Crippen molar-refractivity contribution in [3.05, 3.63) is 52.3 Å². The summed E-state index contributed by atoms with van der Waals surface area (Å²) in [5, 5.41) is 0.0331. The van der Waals surface area contributed by atoms with Crippen molar-refractivity contribution in [3.63, 3.8) is 0 Å². The van der Waals surface area contributed by atoms with Crippen LogP contribution < -0.4 is 0 Å². The number of hydrogen-bond donors (Lipinski definition) is 0. The zero-order valence-electron chi connectivity index (χ0n) is 11.8. The molecule has 1 aliphatic heterocycles. The van der Waals surface area contributed by atoms with E-state index >= 15 is 0 Å². The number of aryl methyl sites for hydroxylation is 1. The Hall–Kier alpha value is -1.88. The molecule has 0 N–H and O–H groups in total. The van der Waals surface area contributed by atoms with Crippen LogP contribution in [0.15, 0.2) is 24.4 Å². The zero-order valence-corrected chi connectivity index (χ0v) is 12.6. The molecule has 1 unspecified atom stereocenters. The van der Waals surface area contributed by atoms with E-state index in [1.807, 2.05) is 26.0 Å². The van der Waals surface area contributed by atoms with Crippen LogP contribution in [-0.2, 0) is 6.54 Å². The molecule has 0 fully saturated rings. The summed E-state index contributed by atoms with van der Waals surface area (Å²) in [4.78, 5) is 18.0. The van der Waals surface area contributed by atoms with Crippen LogP contribution in [0.2, 0.25) is 5.15 Å². The number of carbonyl (C=O) groups excluding carboxylic acids is 1. The van der Waals surface area contributed by atoms with Gasteiger partial charge >= 0.3 is 0 Å². The number of rotatable bonds is 1. The molecule has 0 aliphatic carbocycles. The molecule has 0 bridgehead atoms. The normalized spacial score (nSPS) is 17.7. The van der Waals surface area contributed by atoms with Crippen LogP contribution in [0, 0.1) is 12.7 Å². The smallest absolute Gasteiger partial charge is 0.257 e. The highest BCUT2D eigenvalue weighted by Crippen LogP contribution is 2.29. The first-order valence-electron chi connectivity index (χ1n) is 6.77. The summed E-state index contributed by atoms with van der Waals surface area (Å²) in [6, 6.07) is 5.12. The molecule has 1 aliphatic rings. The lowest BCUT2D eigenvalue weighted by Gasteiger charge is -2.35. The fourth-order valence-corrected chi connectivity index (χ4v) is 3.01. The van der Waals surface area contributed by atoms with Gasteiger partial charge in [0, 0.05) is 24.5 Å². The van der Waals surface area contributed by atoms with Gasteiger partial charge < -0.3 is 9.47 Å². The standard InChI is InChI=1S/C15H15ClFN3O/c1-9-3-4-13-10(2)20(6-5-19(9)13)15(21)12-7-11(17)8-18-14(12)16/h3-4,7-8,10H,5-6H2,1-2H3. The lowest BCUT2D eigenvalue weighted by atomic mass is 10.1. The second kappa shape index (κ2) is 5.15. The average Bonchev–Trinajstić information content (AvgIpc) is 2.84. The first-order valence-corrected chi connectivity index (χ1v) is 7.15. The van der Waals surface area contributed by atoms with Gasteiger partial charge in [-0.3, -0.25) is 4.79 Å². The summed E-state index contributed by atoms with van der Waals surface area (Å²) in [5.74, 6) is -0.851. The number of fused-ring (bicyclic) bond motifs is 1. The minimum atomic E-state index is -0.563. The van der Waals surface area contributed by atoms with Crippen LogP contribution in [-0.4, -0.2) is 26.9 Å². The number of carbonyl (C=O) groups is 1. The van der Waals surface area contributed by atoms with Gasteiger partial charge in [0.25, 0.3) is 5.91 Å². The summed E-state index contributed by atoms with van der Waals surface area (Å²) in [5.41, 5.74) is 2.36. The van der Waals surface area contributed by atoms with E-state index in [-0.39, 0.29) is 22.7 Å². The largest absolute Gasteiger partial charge is 0.345 e. The SMILES string of the molecule is Cc1ccc2n1CCN(C(=O)c1cc(F)cnc1Cl)C2C. The first-order chi connectivity index (χ1) is 9.99. The number of hydrogen-bond acceptors (Lipinski definition) is 2. The molecule has 3 rings (SSSR count). The van der Waals surface area contributed by atoms with E-state index in [4.69, 9.17) is 11.6 Å². The summed E-state index contributed by atoms with van der Waals surface area (Å²) >= 11 is 5.93. The Labute approximate surface area is 127 Å². The van der Waals surface area contributed by atoms with Crippen LogP contribution in [0.1, 0.15) is 34.7 Å². The van der Waals surface area contributed by atoms with Gasteiger partial charge in [0.2, 0.25) is 0 Å². The van der Waals surface area contributed by atoms with Crippen LogP contribution in [0.25, 0.3) is 0 Å². The third-order valence-electron chi connectivity index (χ3n) is 3.99. The summed E-state index contributed by atoms with van der Waals surface area (Å²) in [7, 11) is 0. The third kappa shape index (κ3) is 2.31. The maximum Gasteiger partial charge on any atom is 0.257 e. The second-order valence-electron chi connectivity index (χ2n) is 5.22. The second-order valence-corrected chi connectivity index (χ2v) is 5.58. The van der Waals surface area contributed by atoms with Gasteiger partial charge in [-0.05, 0) is 32.0 Å². The Kier molecular flexibility index (Phi) is 3.45. The van der Waals surface area contributed by atoms with Gasteiger partial charge in [-0.25, -0.2) is 9.37 Å². The van der Waals surface area contributed by atoms with E-state index in [0.29, 0.717) is 6.54 Å². The molecule has 110 valence electrons. The molecule has 6 heteroatoms. The number of halogens is 2. The van der Waals surface area contributed by atoms with Crippen molar-refractivity contribution in [3.8, 4) is 0 Å². The van der Waals surface area contributed by atoms with E-state index in [1.165, 1.54) is 5.69 Å². The molecule has 4 nitrogen and oxygen atoms in total. The van der Waals surface area contributed by atoms with E-state index in [2.05, 4.69) is 9.55 Å². The molecule has 2 aromatic heterocycles. The quantitative estimate of drug-likeness (QED) is 0.759. The van der Waals surface area contributed by atoms with E-state index in [9.17, 15) is 9.18 Å². The highest BCUT2D eigenvalue weighted by molar-refractivity contribution is 6.32. The van der Waals surface area contributed by atoms with Crippen molar-refractivity contribution >= 4 is 17.5 Å². The van der Waals surface area contributed by atoms with Gasteiger partial charge in [-0.15, -0.1) is 0 Å². The van der Waals surface area contributed by atoms with Crippen LogP contribution in [0.4, 0.5) is 4.39 Å². The average molecular weight is 308 g/mol. The monoisotopic (exact) mass is 307 g/mol. The van der Waals surface area contributed by atoms with Crippen molar-refractivity contribution in [1.29, 1.82) is 0 Å². The van der Waals surface area contributed by atoms with Crippen molar-refractivity contribution in [2.24, 2.45) is 0 Å². The first kappa shape index (κ1) is 14.1. The topological polar surface area (TPSA) is 38.1 Å². The Morgan fingerprint density at radius 3 is 2.95 bits per heavy atom. The minimum Gasteiger partial charge on any atom is -0.345 e. The fourth-order valence-electron chi connectivity index (χ4n) is 2.83. The van der Waals surface area contributed by atoms with Gasteiger partial charge in [-0.2, -0.15) is 0 Å². The lowest BCUT2D eigenvalue weighted by Crippen LogP contribution is -2.41. The van der Waals surface area contributed by atoms with Crippen LogP contribution >= 0.6 is 11.6 Å². The predicted molar refractivity (Wildman–Crippen MR) is 77.8 cm³/mol. The summed E-state index contributed by atoms with van der Waals surface area (Å²) in [6.45, 7) is 5.30. The van der Waals surface area contributed by atoms with Crippen molar-refractivity contribution in [2.45, 2.75) is 26.4 Å². The molecule has 0 saturated heterocycles. The molecule has 3 heterocycles. The predicted octanol–water partition coefficient (Wildman–Crippen LogP) is 3.20. The highest BCUT2D eigenvalue weighted by Gasteiger charge is 2.30. The third-order valence-corrected chi connectivity index (χ3v) is 4.29. The molecule has 0 radical (unpaired) electrons. The summed E-state index contributed by atoms with van der Waals surface area (Å²) in [6.07, 6.45) is 1.01. The number of nitrogens with zero attached hydrogens (tertiary/aromatic N) is 3.